The molecule has 0 radical (unpaired) electrons. The van der Waals surface area contributed by atoms with E-state index < -0.39 is 15.3 Å². The van der Waals surface area contributed by atoms with Crippen LogP contribution in [0.5, 0.6) is 0 Å². The molecule has 0 amide bonds. The minimum absolute atomic E-state index is 0.0816. The highest BCUT2D eigenvalue weighted by Gasteiger charge is 2.32. The highest BCUT2D eigenvalue weighted by Crippen LogP contribution is 2.02. The Hall–Kier alpha value is -1.59. The van der Waals surface area contributed by atoms with Gasteiger partial charge in [0, 0.05) is 6.92 Å². The first-order valence-electron chi connectivity index (χ1n) is 5.89. The molecule has 0 N–H and O–H groups in total. The molecule has 0 aliphatic heterocycles. The summed E-state index contributed by atoms with van der Waals surface area (Å²) in [5.74, 6) is 0.735. The van der Waals surface area contributed by atoms with Crippen molar-refractivity contribution in [3.63, 3.8) is 0 Å². The van der Waals surface area contributed by atoms with Crippen molar-refractivity contribution in [2.45, 2.75) is 40.8 Å². The summed E-state index contributed by atoms with van der Waals surface area (Å²) in [6.45, 7) is 8.15. The fourth-order valence-corrected chi connectivity index (χ4v) is 1.76. The first-order chi connectivity index (χ1) is 9.17. The van der Waals surface area contributed by atoms with Crippen molar-refractivity contribution < 1.29 is 26.6 Å². The van der Waals surface area contributed by atoms with E-state index in [1.54, 1.807) is 9.25 Å². The van der Waals surface area contributed by atoms with Gasteiger partial charge >= 0.3 is 5.95 Å². The highest BCUT2D eigenvalue weighted by atomic mass is 32.3. The largest absolute Gasteiger partial charge is 0.726 e. The number of aromatic nitrogens is 3. The minimum atomic E-state index is -4.42. The van der Waals surface area contributed by atoms with Gasteiger partial charge in [0.25, 0.3) is 0 Å². The average molecular weight is 310 g/mol. The molecule has 0 aliphatic rings. The average Bonchev–Trinajstić information content (AvgIpc) is 2.65. The van der Waals surface area contributed by atoms with E-state index in [-0.39, 0.29) is 12.6 Å². The van der Waals surface area contributed by atoms with E-state index in [1.807, 2.05) is 20.8 Å². The quantitative estimate of drug-likeness (QED) is 0.244. The summed E-state index contributed by atoms with van der Waals surface area (Å²) >= 11 is 0. The second-order valence-electron chi connectivity index (χ2n) is 3.48. The van der Waals surface area contributed by atoms with Crippen LogP contribution in [0.25, 0.3) is 0 Å². The zero-order chi connectivity index (χ0) is 15.9. The number of hydrogen-bond donors (Lipinski definition) is 0. The molecule has 0 spiro atoms. The maximum atomic E-state index is 10.6. The number of aryl methyl sites for hydroxylation is 1. The van der Waals surface area contributed by atoms with Crippen LogP contribution >= 0.6 is 0 Å². The van der Waals surface area contributed by atoms with Crippen LogP contribution in [0.1, 0.15) is 26.6 Å². The standard InChI is InChI=1S/C7H13N4O2.C2H6O4S/c1-4-9-6(3)10(5-2)8-7(9)11(12)13;1-2-6-7(3,4)5/h4-5H2,1-3H3;2H2,1H3,(H,3,4,5)/q+1;/p-1. The number of nitrogens with zero attached hydrogens (tertiary/aromatic N) is 4. The van der Waals surface area contributed by atoms with Crippen molar-refractivity contribution in [2.24, 2.45) is 0 Å². The third kappa shape index (κ3) is 5.59. The van der Waals surface area contributed by atoms with E-state index in [0.29, 0.717) is 13.1 Å². The lowest BCUT2D eigenvalue weighted by Gasteiger charge is -2.02. The third-order valence-electron chi connectivity index (χ3n) is 2.26. The third-order valence-corrected chi connectivity index (χ3v) is 2.78. The van der Waals surface area contributed by atoms with Crippen LogP contribution in [0.3, 0.4) is 0 Å². The lowest BCUT2D eigenvalue weighted by Crippen LogP contribution is -2.37. The van der Waals surface area contributed by atoms with Crippen LogP contribution in [-0.2, 0) is 27.7 Å². The van der Waals surface area contributed by atoms with Crippen molar-refractivity contribution in [3.8, 4) is 0 Å². The first kappa shape index (κ1) is 18.4. The second-order valence-corrected chi connectivity index (χ2v) is 4.53. The molecule has 116 valence electrons. The van der Waals surface area contributed by atoms with Crippen molar-refractivity contribution in [2.75, 3.05) is 6.61 Å². The summed E-state index contributed by atoms with van der Waals surface area (Å²) in [5.41, 5.74) is 0. The van der Waals surface area contributed by atoms with E-state index in [1.165, 1.54) is 6.92 Å². The van der Waals surface area contributed by atoms with E-state index >= 15 is 0 Å². The lowest BCUT2D eigenvalue weighted by molar-refractivity contribution is -0.738. The Bertz CT molecular complexity index is 553. The van der Waals surface area contributed by atoms with Gasteiger partial charge in [0.15, 0.2) is 5.10 Å². The van der Waals surface area contributed by atoms with Gasteiger partial charge in [0.2, 0.25) is 16.2 Å². The van der Waals surface area contributed by atoms with E-state index in [4.69, 9.17) is 0 Å². The van der Waals surface area contributed by atoms with Crippen molar-refractivity contribution >= 4 is 16.3 Å². The van der Waals surface area contributed by atoms with Crippen molar-refractivity contribution in [1.82, 2.24) is 9.78 Å². The van der Waals surface area contributed by atoms with Gasteiger partial charge in [-0.1, -0.05) is 4.68 Å². The smallest absolute Gasteiger partial charge is 0.654 e. The Kier molecular flexibility index (Phi) is 7.24. The van der Waals surface area contributed by atoms with Crippen LogP contribution in [0.4, 0.5) is 5.95 Å². The molecule has 1 heterocycles. The van der Waals surface area contributed by atoms with Gasteiger partial charge in [-0.25, -0.2) is 8.42 Å². The number of nitro groups is 1. The molecular formula is C9H18N4O6S. The molecular weight excluding hydrogens is 292 g/mol. The molecule has 1 aromatic rings. The maximum absolute atomic E-state index is 10.6. The van der Waals surface area contributed by atoms with Gasteiger partial charge in [0.05, 0.1) is 18.1 Å². The van der Waals surface area contributed by atoms with Crippen molar-refractivity contribution in [1.29, 1.82) is 0 Å². The normalized spacial score (nSPS) is 10.8. The van der Waals surface area contributed by atoms with Gasteiger partial charge in [-0.15, -0.1) is 4.57 Å². The topological polar surface area (TPSA) is 131 Å². The predicted octanol–water partition coefficient (Wildman–Crippen LogP) is -0.0899. The van der Waals surface area contributed by atoms with Crippen molar-refractivity contribution in [3.05, 3.63) is 15.9 Å². The summed E-state index contributed by atoms with van der Waals surface area (Å²) in [5, 5.41) is 14.5. The fourth-order valence-electron chi connectivity index (χ4n) is 1.47. The highest BCUT2D eigenvalue weighted by molar-refractivity contribution is 7.80. The van der Waals surface area contributed by atoms with Gasteiger partial charge < -0.3 is 14.7 Å². The summed E-state index contributed by atoms with van der Waals surface area (Å²) in [6, 6.07) is 0. The molecule has 1 aromatic heterocycles. The van der Waals surface area contributed by atoms with Gasteiger partial charge in [-0.05, 0) is 20.8 Å². The first-order valence-corrected chi connectivity index (χ1v) is 7.23. The zero-order valence-corrected chi connectivity index (χ0v) is 12.6. The van der Waals surface area contributed by atoms with E-state index in [9.17, 15) is 23.1 Å². The van der Waals surface area contributed by atoms with Crippen LogP contribution < -0.4 is 4.57 Å². The maximum Gasteiger partial charge on any atom is 0.654 e. The monoisotopic (exact) mass is 310 g/mol. The SMILES string of the molecule is CCOS(=O)(=O)[O-].CCn1nc([N+](=O)[O-])[n+](CC)c1C. The summed E-state index contributed by atoms with van der Waals surface area (Å²) in [4.78, 5) is 10.1. The summed E-state index contributed by atoms with van der Waals surface area (Å²) < 4.78 is 35.2. The molecule has 0 aromatic carbocycles. The molecule has 0 fully saturated rings. The molecule has 0 bridgehead atoms. The number of rotatable bonds is 5. The minimum Gasteiger partial charge on any atom is -0.726 e. The Morgan fingerprint density at radius 2 is 1.95 bits per heavy atom. The van der Waals surface area contributed by atoms with Crippen LogP contribution in [0.2, 0.25) is 0 Å². The molecule has 10 nitrogen and oxygen atoms in total. The summed E-state index contributed by atoms with van der Waals surface area (Å²) in [6.07, 6.45) is 0. The molecule has 0 unspecified atom stereocenters. The lowest BCUT2D eigenvalue weighted by atomic mass is 10.6. The molecule has 0 saturated heterocycles. The van der Waals surface area contributed by atoms with Gasteiger partial charge in [-0.2, -0.15) is 0 Å². The number of hydrogen-bond acceptors (Lipinski definition) is 7. The zero-order valence-electron chi connectivity index (χ0n) is 11.8. The molecule has 0 saturated carbocycles. The molecule has 0 aliphatic carbocycles. The molecule has 11 heteroatoms. The summed E-state index contributed by atoms with van der Waals surface area (Å²) in [7, 11) is -4.42. The fraction of sp³-hybridized carbons (Fsp3) is 0.778. The predicted molar refractivity (Wildman–Crippen MR) is 66.5 cm³/mol. The Morgan fingerprint density at radius 3 is 2.15 bits per heavy atom. The Labute approximate surface area is 117 Å². The van der Waals surface area contributed by atoms with Gasteiger partial charge in [-0.3, -0.25) is 4.18 Å². The van der Waals surface area contributed by atoms with E-state index in [2.05, 4.69) is 9.28 Å². The van der Waals surface area contributed by atoms with Crippen LogP contribution in [0, 0.1) is 17.0 Å². The van der Waals surface area contributed by atoms with E-state index in [0.717, 1.165) is 5.82 Å². The molecule has 0 atom stereocenters. The molecule has 1 rings (SSSR count). The van der Waals surface area contributed by atoms with Crippen LogP contribution in [0.15, 0.2) is 0 Å². The van der Waals surface area contributed by atoms with Gasteiger partial charge in [0.1, 0.15) is 6.54 Å². The second kappa shape index (κ2) is 7.87. The Morgan fingerprint density at radius 1 is 1.40 bits per heavy atom. The molecule has 20 heavy (non-hydrogen) atoms. The Balaban J connectivity index is 0.000000441. The van der Waals surface area contributed by atoms with Crippen LogP contribution in [-0.4, -0.2) is 34.3 Å².